The summed E-state index contributed by atoms with van der Waals surface area (Å²) in [6, 6.07) is 19.7. The van der Waals surface area contributed by atoms with Gasteiger partial charge in [0.1, 0.15) is 0 Å². The number of nitrogens with zero attached hydrogens (tertiary/aromatic N) is 1. The number of carbonyl (C=O) groups excluding carboxylic acids is 1. The van der Waals surface area contributed by atoms with Crippen LogP contribution in [0.4, 0.5) is 5.69 Å². The molecule has 3 unspecified atom stereocenters. The number of anilines is 1. The van der Waals surface area contributed by atoms with Crippen LogP contribution in [0.25, 0.3) is 16.7 Å². The van der Waals surface area contributed by atoms with E-state index in [2.05, 4.69) is 100 Å². The summed E-state index contributed by atoms with van der Waals surface area (Å²) in [6.07, 6.45) is 19.0. The van der Waals surface area contributed by atoms with Gasteiger partial charge in [0.15, 0.2) is 5.78 Å². The second kappa shape index (κ2) is 30.2. The Bertz CT molecular complexity index is 1340. The SMILES string of the molecule is C.C.CC.CC.CC.CC/C=C1/C=C(c2ccc(-c3ccoc3)cc2)C(=O)CC(CC)C1CCC(C)CCc1ccc(N(CCC)CCCC)cc1.[HH]. The highest BCUT2D eigenvalue weighted by Gasteiger charge is 2.30. The minimum atomic E-state index is 0. The van der Waals surface area contributed by atoms with Crippen molar-refractivity contribution in [3.63, 3.8) is 0 Å². The van der Waals surface area contributed by atoms with Gasteiger partial charge in [0.25, 0.3) is 0 Å². The Kier molecular flexibility index (Phi) is 29.5. The second-order valence-electron chi connectivity index (χ2n) is 12.9. The second-order valence-corrected chi connectivity index (χ2v) is 12.9. The normalized spacial score (nSPS) is 16.2. The average molecular weight is 718 g/mol. The lowest BCUT2D eigenvalue weighted by molar-refractivity contribution is -0.114. The average Bonchev–Trinajstić information content (AvgIpc) is 3.68. The first-order valence-electron chi connectivity index (χ1n) is 20.4. The fraction of sp³-hybridized carbons (Fsp3) is 0.571. The van der Waals surface area contributed by atoms with E-state index in [1.165, 1.54) is 48.9 Å². The van der Waals surface area contributed by atoms with Crippen molar-refractivity contribution in [3.8, 4) is 11.1 Å². The first-order valence-corrected chi connectivity index (χ1v) is 20.4. The van der Waals surface area contributed by atoms with Crippen LogP contribution >= 0.6 is 0 Å². The van der Waals surface area contributed by atoms with Crippen LogP contribution < -0.4 is 4.90 Å². The van der Waals surface area contributed by atoms with E-state index in [9.17, 15) is 4.79 Å². The largest absolute Gasteiger partial charge is 0.472 e. The summed E-state index contributed by atoms with van der Waals surface area (Å²) in [4.78, 5) is 16.2. The molecule has 0 saturated carbocycles. The van der Waals surface area contributed by atoms with Crippen LogP contribution in [0.1, 0.15) is 161 Å². The molecule has 0 fully saturated rings. The summed E-state index contributed by atoms with van der Waals surface area (Å²) in [7, 11) is 0. The monoisotopic (exact) mass is 718 g/mol. The molecular formula is C49H83NO2. The van der Waals surface area contributed by atoms with Crippen LogP contribution in [0.5, 0.6) is 0 Å². The minimum Gasteiger partial charge on any atom is -0.472 e. The summed E-state index contributed by atoms with van der Waals surface area (Å²) in [5, 5.41) is 0. The maximum absolute atomic E-state index is 13.6. The van der Waals surface area contributed by atoms with Crippen molar-refractivity contribution in [2.75, 3.05) is 18.0 Å². The van der Waals surface area contributed by atoms with Gasteiger partial charge in [-0.25, -0.2) is 0 Å². The lowest BCUT2D eigenvalue weighted by atomic mass is 9.78. The molecule has 1 aliphatic rings. The smallest absolute Gasteiger partial charge is 0.163 e. The fourth-order valence-electron chi connectivity index (χ4n) is 6.79. The van der Waals surface area contributed by atoms with E-state index in [4.69, 9.17) is 4.42 Å². The first-order chi connectivity index (χ1) is 24.5. The molecule has 0 bridgehead atoms. The Hall–Kier alpha value is -3.33. The number of furan rings is 1. The highest BCUT2D eigenvalue weighted by atomic mass is 16.3. The zero-order valence-corrected chi connectivity index (χ0v) is 34.0. The van der Waals surface area contributed by atoms with Crippen LogP contribution in [0.3, 0.4) is 0 Å². The Morgan fingerprint density at radius 1 is 0.808 bits per heavy atom. The van der Waals surface area contributed by atoms with Crippen LogP contribution in [0, 0.1) is 17.8 Å². The first kappa shape index (κ1) is 50.8. The third kappa shape index (κ3) is 16.1. The van der Waals surface area contributed by atoms with E-state index in [0.29, 0.717) is 24.2 Å². The van der Waals surface area contributed by atoms with Gasteiger partial charge in [-0.15, -0.1) is 0 Å². The zero-order valence-electron chi connectivity index (χ0n) is 34.0. The third-order valence-electron chi connectivity index (χ3n) is 9.54. The van der Waals surface area contributed by atoms with Crippen molar-refractivity contribution >= 4 is 17.0 Å². The number of aryl methyl sites for hydroxylation is 1. The lowest BCUT2D eigenvalue weighted by Crippen LogP contribution is -2.25. The van der Waals surface area contributed by atoms with Gasteiger partial charge < -0.3 is 9.32 Å². The molecule has 0 N–H and O–H groups in total. The number of allylic oxidation sites excluding steroid dienone is 4. The van der Waals surface area contributed by atoms with Crippen molar-refractivity contribution < 1.29 is 10.6 Å². The molecule has 0 aliphatic heterocycles. The Morgan fingerprint density at radius 2 is 1.44 bits per heavy atom. The number of carbonyl (C=O) groups is 1. The fourth-order valence-corrected chi connectivity index (χ4v) is 6.79. The van der Waals surface area contributed by atoms with E-state index in [1.807, 2.05) is 47.6 Å². The predicted octanol–water partition coefficient (Wildman–Crippen LogP) is 15.9. The van der Waals surface area contributed by atoms with Crippen LogP contribution in [0.15, 0.2) is 89.3 Å². The zero-order chi connectivity index (χ0) is 37.3. The van der Waals surface area contributed by atoms with Gasteiger partial charge in [0.2, 0.25) is 0 Å². The molecule has 1 heterocycles. The maximum atomic E-state index is 13.6. The van der Waals surface area contributed by atoms with Crippen molar-refractivity contribution in [2.45, 2.75) is 155 Å². The topological polar surface area (TPSA) is 33.5 Å². The molecule has 0 amide bonds. The molecule has 3 atom stereocenters. The number of ketones is 1. The summed E-state index contributed by atoms with van der Waals surface area (Å²) < 4.78 is 5.26. The summed E-state index contributed by atoms with van der Waals surface area (Å²) in [5.74, 6) is 1.74. The molecular weight excluding hydrogens is 635 g/mol. The quantitative estimate of drug-likeness (QED) is 0.148. The summed E-state index contributed by atoms with van der Waals surface area (Å²) >= 11 is 0. The van der Waals surface area contributed by atoms with Crippen molar-refractivity contribution in [1.82, 2.24) is 0 Å². The molecule has 3 aromatic rings. The van der Waals surface area contributed by atoms with Gasteiger partial charge >= 0.3 is 0 Å². The van der Waals surface area contributed by atoms with Gasteiger partial charge in [-0.2, -0.15) is 0 Å². The summed E-state index contributed by atoms with van der Waals surface area (Å²) in [5.41, 5.74) is 8.21. The molecule has 0 saturated heterocycles. The standard InChI is InChI=1S/C41H55NO2.3C2H6.2CH4.H2/c1-6-10-26-42(25-8-3)38-21-15-32(16-22-38)14-12-31(5)13-23-39-33(9-4)29-41(43)40(28-36(39)11-7-2)35-19-17-34(18-20-35)37-24-27-44-30-37;3*1-2;;;/h11,15-22,24,27-28,30-31,33,39H,6-10,12-14,23,25-26,29H2,1-5H3;3*1-2H3;2*1H4;1H/b36-11-;;;;;;. The Balaban J connectivity index is -0.00000264. The molecule has 1 aliphatic carbocycles. The number of rotatable bonds is 16. The number of unbranched alkanes of at least 4 members (excludes halogenated alkanes) is 1. The molecule has 0 spiro atoms. The Labute approximate surface area is 324 Å². The molecule has 0 radical (unpaired) electrons. The van der Waals surface area contributed by atoms with Crippen LogP contribution in [-0.2, 0) is 11.2 Å². The highest BCUT2D eigenvalue weighted by molar-refractivity contribution is 6.21. The van der Waals surface area contributed by atoms with E-state index in [0.717, 1.165) is 61.0 Å². The van der Waals surface area contributed by atoms with Gasteiger partial charge in [-0.05, 0) is 103 Å². The van der Waals surface area contributed by atoms with Crippen molar-refractivity contribution in [2.24, 2.45) is 17.8 Å². The highest BCUT2D eigenvalue weighted by Crippen LogP contribution is 2.39. The number of Topliss-reactive ketones (excluding diaryl/α,β-unsaturated/α-hetero) is 1. The molecule has 3 nitrogen and oxygen atoms in total. The van der Waals surface area contributed by atoms with Crippen LogP contribution in [-0.4, -0.2) is 18.9 Å². The van der Waals surface area contributed by atoms with Crippen molar-refractivity contribution in [3.05, 3.63) is 96.0 Å². The molecule has 1 aromatic heterocycles. The minimum absolute atomic E-state index is 0. The van der Waals surface area contributed by atoms with E-state index in [-0.39, 0.29) is 22.1 Å². The molecule has 4 rings (SSSR count). The van der Waals surface area contributed by atoms with Gasteiger partial charge in [-0.1, -0.05) is 153 Å². The predicted molar refractivity (Wildman–Crippen MR) is 238 cm³/mol. The number of hydrogen-bond acceptors (Lipinski definition) is 3. The molecule has 296 valence electrons. The number of benzene rings is 2. The van der Waals surface area contributed by atoms with E-state index in [1.54, 1.807) is 12.5 Å². The Morgan fingerprint density at radius 3 is 1.98 bits per heavy atom. The maximum Gasteiger partial charge on any atom is 0.163 e. The molecule has 2 aromatic carbocycles. The van der Waals surface area contributed by atoms with Gasteiger partial charge in [0.05, 0.1) is 12.5 Å². The van der Waals surface area contributed by atoms with Gasteiger partial charge in [0, 0.05) is 37.8 Å². The van der Waals surface area contributed by atoms with E-state index < -0.39 is 0 Å². The van der Waals surface area contributed by atoms with E-state index >= 15 is 0 Å². The number of hydrogen-bond donors (Lipinski definition) is 0. The lowest BCUT2D eigenvalue weighted by Gasteiger charge is -2.27. The molecule has 3 heteroatoms. The molecule has 52 heavy (non-hydrogen) atoms. The van der Waals surface area contributed by atoms with Crippen molar-refractivity contribution in [1.29, 1.82) is 0 Å². The summed E-state index contributed by atoms with van der Waals surface area (Å²) in [6.45, 7) is 25.7. The third-order valence-corrected chi connectivity index (χ3v) is 9.54. The van der Waals surface area contributed by atoms with Gasteiger partial charge in [-0.3, -0.25) is 4.79 Å². The van der Waals surface area contributed by atoms with Crippen LogP contribution in [0.2, 0.25) is 0 Å².